The molecule has 28 heteroatoms. The number of aromatic amines is 2. The second-order valence-corrected chi connectivity index (χ2v) is 26.7. The SMILES string of the molecule is COc1ccc(C[C@@H]2NC(=O)[C@H](CCC(=O)O)NC(=O)[C@@H]3C[C@H](N)CN3C(=O)[C@@H](Cc3c[nH]c4ccc(F)cc34)NC(=O)[C@H](Cc3c[nH]c4ccc(F)cc34)NC(=O)[C@@H](C)NC(=O)[C@H](C)NC(=O)CCSCc3ccc(cc3)CSCCNC(=O)[C@]3(C)CCCN3C2=O)cc1.[HH].[HH].[HH]. The standard InChI is InChI=1S/C67H80F2N12O12S2.3H2/c1-37-59(85)75-38(2)60(86)77-53(27-42-32-72-50-16-12-44(68)29-48(42)50)62(88)79-55(28-43-33-73-51-17-13-45(69)30-49(43)51)64(90)80-34-46(70)31-56(80)63(89)76-52(18-19-58(83)84)61(87)78-54(26-39-10-14-47(93-4)15-11-39)65(91)81-23-5-21-67(81,3)66(92)71-22-25-95-36-41-8-6-40(7-9-41)35-94-24-20-57(82)74-37;;;/h6-17,29-30,32-33,37-38,46,52-56,72-73H,5,18-28,31,34-36,70H2,1-4H3,(H,71,92)(H,74,82)(H,75,85)(H,76,89)(H,77,86)(H,78,87)(H,79,88)(H,83,84);3*1H/t37-,38+,46-,52-,53-,54-,55+,56-,67-;;;/m0.../s1. The summed E-state index contributed by atoms with van der Waals surface area (Å²) in [4.78, 5) is 151. The van der Waals surface area contributed by atoms with Gasteiger partial charge in [0.2, 0.25) is 53.2 Å². The molecule has 6 aromatic rings. The summed E-state index contributed by atoms with van der Waals surface area (Å²) in [6.07, 6.45) is 1.82. The van der Waals surface area contributed by atoms with Gasteiger partial charge in [-0.05, 0) is 123 Å². The quantitative estimate of drug-likeness (QED) is 0.0841. The minimum atomic E-state index is -1.64. The van der Waals surface area contributed by atoms with Crippen LogP contribution in [-0.4, -0.2) is 176 Å². The van der Waals surface area contributed by atoms with Crippen molar-refractivity contribution >= 4 is 104 Å². The molecule has 2 fully saturated rings. The van der Waals surface area contributed by atoms with Crippen LogP contribution in [0, 0.1) is 11.6 Å². The molecule has 0 radical (unpaired) electrons. The number of nitrogens with zero attached hydrogens (tertiary/aromatic N) is 2. The Labute approximate surface area is 560 Å². The molecule has 0 unspecified atom stereocenters. The number of benzene rings is 4. The molecule has 0 saturated carbocycles. The molecule has 2 aromatic heterocycles. The molecule has 9 atom stereocenters. The summed E-state index contributed by atoms with van der Waals surface area (Å²) in [5.74, 6) is -6.49. The molecule has 4 aliphatic rings. The lowest BCUT2D eigenvalue weighted by Gasteiger charge is -2.36. The van der Waals surface area contributed by atoms with Crippen LogP contribution in [0.3, 0.4) is 0 Å². The number of carboxylic acid groups (broad SMARTS) is 1. The van der Waals surface area contributed by atoms with Crippen molar-refractivity contribution in [3.63, 3.8) is 0 Å². The van der Waals surface area contributed by atoms with Crippen molar-refractivity contribution in [2.45, 2.75) is 144 Å². The van der Waals surface area contributed by atoms with Gasteiger partial charge in [0.1, 0.15) is 65.2 Å². The summed E-state index contributed by atoms with van der Waals surface area (Å²) in [7, 11) is 1.49. The van der Waals surface area contributed by atoms with E-state index in [2.05, 4.69) is 47.2 Å². The minimum absolute atomic E-state index is 0. The number of carbonyl (C=O) groups excluding carboxylic acids is 9. The number of thioether (sulfide) groups is 2. The maximum absolute atomic E-state index is 15.5. The zero-order chi connectivity index (χ0) is 68.1. The monoisotopic (exact) mass is 1350 g/mol. The number of hydrogen-bond acceptors (Lipinski definition) is 14. The Bertz CT molecular complexity index is 3840. The Hall–Kier alpha value is -9.02. The third-order valence-corrected chi connectivity index (χ3v) is 19.5. The summed E-state index contributed by atoms with van der Waals surface area (Å²) in [6.45, 7) is 4.66. The van der Waals surface area contributed by atoms with Crippen molar-refractivity contribution in [3.8, 4) is 5.75 Å². The summed E-state index contributed by atoms with van der Waals surface area (Å²) in [5, 5.41) is 29.8. The lowest BCUT2D eigenvalue weighted by Crippen LogP contribution is -2.62. The third-order valence-electron chi connectivity index (χ3n) is 17.5. The molecule has 4 aromatic carbocycles. The average Bonchev–Trinajstić information content (AvgIpc) is 1.60. The zero-order valence-corrected chi connectivity index (χ0v) is 54.8. The van der Waals surface area contributed by atoms with E-state index >= 15 is 14.4 Å². The number of carbonyl (C=O) groups is 10. The number of halogens is 2. The van der Waals surface area contributed by atoms with Crippen molar-refractivity contribution < 1.29 is 70.8 Å². The summed E-state index contributed by atoms with van der Waals surface area (Å²) in [6, 6.07) is 11.7. The van der Waals surface area contributed by atoms with Crippen LogP contribution < -0.4 is 47.7 Å². The van der Waals surface area contributed by atoms with E-state index in [1.54, 1.807) is 43.0 Å². The number of ether oxygens (including phenoxy) is 1. The smallest absolute Gasteiger partial charge is 0.303 e. The highest BCUT2D eigenvalue weighted by molar-refractivity contribution is 7.98. The van der Waals surface area contributed by atoms with Crippen LogP contribution in [0.2, 0.25) is 0 Å². The number of fused-ring (bicyclic) bond motifs is 31. The van der Waals surface area contributed by atoms with Gasteiger partial charge in [-0.2, -0.15) is 23.5 Å². The van der Waals surface area contributed by atoms with E-state index in [1.165, 1.54) is 86.4 Å². The van der Waals surface area contributed by atoms with Crippen LogP contribution in [0.25, 0.3) is 21.8 Å². The second-order valence-electron chi connectivity index (χ2n) is 24.5. The first-order valence-electron chi connectivity index (χ1n) is 31.5. The molecule has 512 valence electrons. The first-order chi connectivity index (χ1) is 45.5. The van der Waals surface area contributed by atoms with Gasteiger partial charge in [-0.3, -0.25) is 47.9 Å². The van der Waals surface area contributed by atoms with Crippen molar-refractivity contribution in [1.82, 2.24) is 57.0 Å². The molecule has 6 heterocycles. The summed E-state index contributed by atoms with van der Waals surface area (Å²) in [5.41, 5.74) is 9.55. The topological polar surface area (TPSA) is 348 Å². The third kappa shape index (κ3) is 18.1. The molecule has 12 N–H and O–H groups in total. The average molecular weight is 1350 g/mol. The van der Waals surface area contributed by atoms with Gasteiger partial charge in [0.15, 0.2) is 0 Å². The van der Waals surface area contributed by atoms with Crippen LogP contribution in [0.5, 0.6) is 5.75 Å². The maximum Gasteiger partial charge on any atom is 0.303 e. The first kappa shape index (κ1) is 70.3. The molecule has 2 saturated heterocycles. The predicted molar refractivity (Wildman–Crippen MR) is 361 cm³/mol. The number of nitrogens with one attached hydrogen (secondary N) is 9. The Kier molecular flexibility index (Phi) is 23.6. The second kappa shape index (κ2) is 31.9. The molecule has 10 rings (SSSR count). The fraction of sp³-hybridized carbons (Fsp3) is 0.433. The molecule has 9 amide bonds. The van der Waals surface area contributed by atoms with Gasteiger partial charge >= 0.3 is 5.97 Å². The molecule has 0 spiro atoms. The van der Waals surface area contributed by atoms with E-state index in [0.29, 0.717) is 80.1 Å². The molecular formula is C67H86F2N12O12S2. The minimum Gasteiger partial charge on any atom is -0.497 e. The fourth-order valence-corrected chi connectivity index (χ4v) is 13.8. The number of carboxylic acids is 1. The molecule has 0 aliphatic carbocycles. The number of methoxy groups -OCH3 is 1. The number of H-pyrrole nitrogens is 2. The van der Waals surface area contributed by atoms with Gasteiger partial charge in [0.05, 0.1) is 7.11 Å². The molecule has 95 heavy (non-hydrogen) atoms. The normalized spacial score (nSPS) is 24.9. The Morgan fingerprint density at radius 1 is 0.674 bits per heavy atom. The van der Waals surface area contributed by atoms with Crippen molar-refractivity contribution in [2.24, 2.45) is 5.73 Å². The van der Waals surface area contributed by atoms with Crippen LogP contribution in [-0.2, 0) is 78.7 Å². The summed E-state index contributed by atoms with van der Waals surface area (Å²) >= 11 is 3.13. The number of hydrogen-bond donors (Lipinski definition) is 11. The lowest BCUT2D eigenvalue weighted by molar-refractivity contribution is -0.147. The Morgan fingerprint density at radius 2 is 1.22 bits per heavy atom. The fourth-order valence-electron chi connectivity index (χ4n) is 12.1. The van der Waals surface area contributed by atoms with E-state index in [9.17, 15) is 47.4 Å². The van der Waals surface area contributed by atoms with Crippen molar-refractivity contribution in [2.75, 3.05) is 38.2 Å². The molecule has 2 bridgehead atoms. The van der Waals surface area contributed by atoms with E-state index in [-0.39, 0.29) is 56.0 Å². The van der Waals surface area contributed by atoms with Crippen LogP contribution >= 0.6 is 23.5 Å². The van der Waals surface area contributed by atoms with Crippen LogP contribution in [0.4, 0.5) is 8.78 Å². The van der Waals surface area contributed by atoms with E-state index in [1.807, 2.05) is 24.3 Å². The van der Waals surface area contributed by atoms with Gasteiger partial charge < -0.3 is 72.6 Å². The highest BCUT2D eigenvalue weighted by Gasteiger charge is 2.48. The van der Waals surface area contributed by atoms with E-state index in [4.69, 9.17) is 10.5 Å². The number of amides is 9. The van der Waals surface area contributed by atoms with E-state index in [0.717, 1.165) is 16.0 Å². The van der Waals surface area contributed by atoms with E-state index < -0.39 is 137 Å². The maximum atomic E-state index is 15.5. The summed E-state index contributed by atoms with van der Waals surface area (Å²) < 4.78 is 35.2. The molecule has 24 nitrogen and oxygen atoms in total. The largest absolute Gasteiger partial charge is 0.497 e. The first-order valence-corrected chi connectivity index (χ1v) is 33.8. The Morgan fingerprint density at radius 3 is 1.83 bits per heavy atom. The lowest BCUT2D eigenvalue weighted by atomic mass is 9.95. The highest BCUT2D eigenvalue weighted by Crippen LogP contribution is 2.32. The van der Waals surface area contributed by atoms with Gasteiger partial charge in [-0.1, -0.05) is 36.4 Å². The number of nitrogens with two attached hydrogens (primary N) is 1. The van der Waals surface area contributed by atoms with Crippen LogP contribution in [0.1, 0.15) is 91.4 Å². The molecule has 4 aliphatic heterocycles. The van der Waals surface area contributed by atoms with Crippen LogP contribution in [0.15, 0.2) is 97.3 Å². The number of aromatic nitrogens is 2. The van der Waals surface area contributed by atoms with Crippen molar-refractivity contribution in [3.05, 3.63) is 137 Å². The molecular weight excluding hydrogens is 1270 g/mol. The zero-order valence-electron chi connectivity index (χ0n) is 53.2. The predicted octanol–water partition coefficient (Wildman–Crippen LogP) is 4.51. The van der Waals surface area contributed by atoms with Gasteiger partial charge in [0, 0.05) is 119 Å². The number of rotatable bonds is 10. The highest BCUT2D eigenvalue weighted by atomic mass is 32.2. The van der Waals surface area contributed by atoms with Gasteiger partial charge in [-0.25, -0.2) is 8.78 Å². The van der Waals surface area contributed by atoms with Gasteiger partial charge in [0.25, 0.3) is 0 Å². The van der Waals surface area contributed by atoms with Crippen molar-refractivity contribution in [1.29, 1.82) is 0 Å². The Balaban J connectivity index is 0.00000505. The van der Waals surface area contributed by atoms with Gasteiger partial charge in [-0.15, -0.1) is 0 Å². The number of aliphatic carboxylic acids is 1.